The predicted octanol–water partition coefficient (Wildman–Crippen LogP) is 4.73. The summed E-state index contributed by atoms with van der Waals surface area (Å²) in [5, 5.41) is 11.5. The van der Waals surface area contributed by atoms with Gasteiger partial charge in [-0.3, -0.25) is 14.5 Å². The smallest absolute Gasteiger partial charge is 0.475 e. The molecule has 2 heterocycles. The van der Waals surface area contributed by atoms with Gasteiger partial charge in [-0.25, -0.2) is 13.9 Å². The van der Waals surface area contributed by atoms with Crippen molar-refractivity contribution in [3.63, 3.8) is 0 Å². The summed E-state index contributed by atoms with van der Waals surface area (Å²) in [6.45, 7) is 4.49. The van der Waals surface area contributed by atoms with E-state index in [0.717, 1.165) is 30.5 Å². The number of halogens is 4. The number of likely N-dealkylation sites (tertiary alicyclic amines) is 1. The van der Waals surface area contributed by atoms with Gasteiger partial charge in [0.2, 0.25) is 5.91 Å². The first-order valence-corrected chi connectivity index (χ1v) is 12.1. The molecule has 0 bridgehead atoms. The van der Waals surface area contributed by atoms with Gasteiger partial charge in [-0.1, -0.05) is 18.2 Å². The molecule has 200 valence electrons. The number of thiol groups is 1. The van der Waals surface area contributed by atoms with Crippen LogP contribution in [0.15, 0.2) is 35.9 Å². The zero-order valence-corrected chi connectivity index (χ0v) is 21.1. The molecule has 1 aliphatic carbocycles. The van der Waals surface area contributed by atoms with Gasteiger partial charge in [0.15, 0.2) is 5.78 Å². The van der Waals surface area contributed by atoms with E-state index in [4.69, 9.17) is 22.5 Å². The Morgan fingerprint density at radius 3 is 2.32 bits per heavy atom. The molecule has 2 aromatic rings. The molecule has 0 spiro atoms. The fourth-order valence-corrected chi connectivity index (χ4v) is 4.42. The molecule has 1 saturated heterocycles. The third kappa shape index (κ3) is 7.29. The second-order valence-electron chi connectivity index (χ2n) is 9.04. The fraction of sp³-hybridized carbons (Fsp3) is 0.440. The summed E-state index contributed by atoms with van der Waals surface area (Å²) < 4.78 is 47.7. The van der Waals surface area contributed by atoms with E-state index < -0.39 is 18.2 Å². The molecular weight excluding hydrogens is 514 g/mol. The Kier molecular flexibility index (Phi) is 8.96. The molecule has 2 atom stereocenters. The van der Waals surface area contributed by atoms with Crippen molar-refractivity contribution in [3.05, 3.63) is 58.7 Å². The lowest BCUT2D eigenvalue weighted by molar-refractivity contribution is -0.192. The number of piperidine rings is 1. The third-order valence-corrected chi connectivity index (χ3v) is 6.69. The molecule has 1 aromatic heterocycles. The minimum atomic E-state index is -5.08. The number of rotatable bonds is 5. The van der Waals surface area contributed by atoms with E-state index in [9.17, 15) is 27.2 Å². The van der Waals surface area contributed by atoms with Crippen molar-refractivity contribution in [1.82, 2.24) is 14.7 Å². The second-order valence-corrected chi connectivity index (χ2v) is 9.66. The largest absolute Gasteiger partial charge is 0.490 e. The summed E-state index contributed by atoms with van der Waals surface area (Å²) in [6, 6.07) is 7.84. The van der Waals surface area contributed by atoms with Crippen LogP contribution in [0.3, 0.4) is 0 Å². The molecule has 0 radical (unpaired) electrons. The van der Waals surface area contributed by atoms with Gasteiger partial charge in [-0.15, -0.1) is 0 Å². The highest BCUT2D eigenvalue weighted by atomic mass is 32.1. The predicted molar refractivity (Wildman–Crippen MR) is 131 cm³/mol. The topological polar surface area (TPSA) is 92.5 Å². The number of aromatic nitrogens is 2. The van der Waals surface area contributed by atoms with Crippen molar-refractivity contribution in [2.24, 2.45) is 5.92 Å². The minimum absolute atomic E-state index is 0.0290. The number of benzene rings is 1. The first kappa shape index (κ1) is 28.6. The molecule has 2 unspecified atom stereocenters. The number of carboxylic acid groups (broad SMARTS) is 1. The van der Waals surface area contributed by atoms with Crippen molar-refractivity contribution in [3.8, 4) is 0 Å². The first-order valence-electron chi connectivity index (χ1n) is 11.6. The lowest BCUT2D eigenvalue weighted by atomic mass is 9.93. The number of hydrogen-bond acceptors (Lipinski definition) is 6. The Labute approximate surface area is 216 Å². The molecule has 4 rings (SSSR count). The van der Waals surface area contributed by atoms with E-state index >= 15 is 0 Å². The van der Waals surface area contributed by atoms with Crippen LogP contribution >= 0.6 is 12.6 Å². The quantitative estimate of drug-likeness (QED) is 0.420. The van der Waals surface area contributed by atoms with Crippen LogP contribution in [0.2, 0.25) is 0 Å². The summed E-state index contributed by atoms with van der Waals surface area (Å²) in [4.78, 5) is 35.8. The third-order valence-electron chi connectivity index (χ3n) is 6.10. The molecule has 2 aliphatic rings. The zero-order valence-electron chi connectivity index (χ0n) is 20.2. The van der Waals surface area contributed by atoms with Gasteiger partial charge in [0.1, 0.15) is 5.82 Å². The average Bonchev–Trinajstić information content (AvgIpc) is 3.59. The SMILES string of the molecule is CC(=O)n1nc(C=C2CN(C(C(=O)C3CC3)c3ccccc3F)CCC2S)cc1C.O=C(O)C(F)(F)F. The normalized spacial score (nSPS) is 20.2. The van der Waals surface area contributed by atoms with Gasteiger partial charge in [0.25, 0.3) is 0 Å². The monoisotopic (exact) mass is 541 g/mol. The number of nitrogens with zero attached hydrogens (tertiary/aromatic N) is 3. The van der Waals surface area contributed by atoms with Crippen LogP contribution in [0.1, 0.15) is 54.0 Å². The summed E-state index contributed by atoms with van der Waals surface area (Å²) >= 11 is 4.73. The number of hydrogen-bond donors (Lipinski definition) is 2. The number of carbonyl (C=O) groups excluding carboxylic acids is 2. The maximum Gasteiger partial charge on any atom is 0.490 e. The number of ketones is 1. The maximum absolute atomic E-state index is 14.6. The van der Waals surface area contributed by atoms with Crippen LogP contribution in [0.4, 0.5) is 17.6 Å². The second kappa shape index (κ2) is 11.6. The first-order chi connectivity index (χ1) is 17.3. The number of Topliss-reactive ketones (excluding diaryl/α,β-unsaturated/α-hetero) is 1. The van der Waals surface area contributed by atoms with Crippen LogP contribution in [0.5, 0.6) is 0 Å². The Morgan fingerprint density at radius 1 is 1.19 bits per heavy atom. The van der Waals surface area contributed by atoms with Crippen LogP contribution in [0.25, 0.3) is 6.08 Å². The van der Waals surface area contributed by atoms with Crippen LogP contribution in [-0.2, 0) is 9.59 Å². The Hall–Kier alpha value is -2.99. The molecule has 1 N–H and O–H groups in total. The number of carbonyl (C=O) groups is 3. The number of alkyl halides is 3. The van der Waals surface area contributed by atoms with E-state index in [0.29, 0.717) is 24.3 Å². The Balaban J connectivity index is 0.000000479. The highest BCUT2D eigenvalue weighted by molar-refractivity contribution is 7.81. The highest BCUT2D eigenvalue weighted by Crippen LogP contribution is 2.39. The molecule has 2 fully saturated rings. The van der Waals surface area contributed by atoms with Crippen molar-refractivity contribution < 1.29 is 37.1 Å². The number of aliphatic carboxylic acids is 1. The van der Waals surface area contributed by atoms with Gasteiger partial charge in [0, 0.05) is 42.4 Å². The van der Waals surface area contributed by atoms with Crippen LogP contribution in [0, 0.1) is 18.7 Å². The minimum Gasteiger partial charge on any atom is -0.475 e. The van der Waals surface area contributed by atoms with Gasteiger partial charge in [-0.05, 0) is 50.0 Å². The standard InChI is InChI=1S/C23H26FN3O2S.C2HF3O2/c1-14-11-18(25-27(14)15(2)28)12-17-13-26(10-9-21(17)30)22(23(29)16-7-8-16)19-5-3-4-6-20(19)24;3-2(4,5)1(6)7/h3-6,11-12,16,21-22,30H,7-10,13H2,1-2H3;(H,6,7). The lowest BCUT2D eigenvalue weighted by Crippen LogP contribution is -2.42. The van der Waals surface area contributed by atoms with E-state index in [1.807, 2.05) is 19.1 Å². The summed E-state index contributed by atoms with van der Waals surface area (Å²) in [6.07, 6.45) is -0.616. The van der Waals surface area contributed by atoms with Crippen LogP contribution < -0.4 is 0 Å². The van der Waals surface area contributed by atoms with E-state index in [1.54, 1.807) is 18.2 Å². The van der Waals surface area contributed by atoms with Gasteiger partial charge in [0.05, 0.1) is 11.7 Å². The van der Waals surface area contributed by atoms with Crippen molar-refractivity contribution in [2.75, 3.05) is 13.1 Å². The fourth-order valence-electron chi connectivity index (χ4n) is 4.15. The summed E-state index contributed by atoms with van der Waals surface area (Å²) in [5.74, 6) is -3.10. The molecule has 37 heavy (non-hydrogen) atoms. The summed E-state index contributed by atoms with van der Waals surface area (Å²) in [5.41, 5.74) is 2.92. The van der Waals surface area contributed by atoms with Crippen LogP contribution in [-0.4, -0.2) is 62.0 Å². The van der Waals surface area contributed by atoms with Crippen molar-refractivity contribution >= 4 is 36.4 Å². The van der Waals surface area contributed by atoms with E-state index in [-0.39, 0.29) is 28.7 Å². The molecule has 1 aliphatic heterocycles. The zero-order chi connectivity index (χ0) is 27.5. The van der Waals surface area contributed by atoms with E-state index in [2.05, 4.69) is 10.00 Å². The highest BCUT2D eigenvalue weighted by Gasteiger charge is 2.41. The molecule has 1 aromatic carbocycles. The van der Waals surface area contributed by atoms with Crippen molar-refractivity contribution in [2.45, 2.75) is 50.6 Å². The Morgan fingerprint density at radius 2 is 1.81 bits per heavy atom. The average molecular weight is 542 g/mol. The maximum atomic E-state index is 14.6. The summed E-state index contributed by atoms with van der Waals surface area (Å²) in [7, 11) is 0. The molecule has 12 heteroatoms. The molecule has 1 saturated carbocycles. The number of carboxylic acids is 1. The van der Waals surface area contributed by atoms with Crippen molar-refractivity contribution in [1.29, 1.82) is 0 Å². The van der Waals surface area contributed by atoms with Gasteiger partial charge >= 0.3 is 12.1 Å². The lowest BCUT2D eigenvalue weighted by Gasteiger charge is -2.37. The molecular formula is C25H27F4N3O4S. The molecule has 7 nitrogen and oxygen atoms in total. The Bertz CT molecular complexity index is 1210. The number of aryl methyl sites for hydroxylation is 1. The van der Waals surface area contributed by atoms with Gasteiger partial charge < -0.3 is 5.11 Å². The van der Waals surface area contributed by atoms with Gasteiger partial charge in [-0.2, -0.15) is 30.9 Å². The molecule has 0 amide bonds. The van der Waals surface area contributed by atoms with E-state index in [1.165, 1.54) is 17.7 Å².